The van der Waals surface area contributed by atoms with Crippen LogP contribution in [0.5, 0.6) is 0 Å². The first-order valence-corrected chi connectivity index (χ1v) is 6.07. The Kier molecular flexibility index (Phi) is 4.30. The van der Waals surface area contributed by atoms with Gasteiger partial charge in [0.1, 0.15) is 0 Å². The predicted molar refractivity (Wildman–Crippen MR) is 66.9 cm³/mol. The highest BCUT2D eigenvalue weighted by Gasteiger charge is 2.23. The van der Waals surface area contributed by atoms with Gasteiger partial charge in [0.05, 0.1) is 18.8 Å². The summed E-state index contributed by atoms with van der Waals surface area (Å²) in [6.07, 6.45) is -0.248. The van der Waals surface area contributed by atoms with Crippen molar-refractivity contribution in [3.8, 4) is 0 Å². The second-order valence-electron chi connectivity index (χ2n) is 4.49. The third-order valence-corrected chi connectivity index (χ3v) is 3.12. The number of hydrogen-bond donors (Lipinski definition) is 4. The maximum absolute atomic E-state index is 11.9. The molecule has 1 aromatic rings. The van der Waals surface area contributed by atoms with Gasteiger partial charge in [0.2, 0.25) is 5.91 Å². The van der Waals surface area contributed by atoms with E-state index in [0.717, 1.165) is 0 Å². The van der Waals surface area contributed by atoms with Crippen molar-refractivity contribution in [1.29, 1.82) is 0 Å². The molecule has 0 aromatic heterocycles. The Morgan fingerprint density at radius 2 is 2.17 bits per heavy atom. The molecule has 0 saturated heterocycles. The average Bonchev–Trinajstić information content (AvgIpc) is 2.43. The van der Waals surface area contributed by atoms with Gasteiger partial charge in [-0.05, 0) is 17.5 Å². The van der Waals surface area contributed by atoms with Gasteiger partial charge < -0.3 is 20.8 Å². The summed E-state index contributed by atoms with van der Waals surface area (Å²) in [5.41, 5.74) is 2.40. The van der Waals surface area contributed by atoms with Gasteiger partial charge in [-0.25, -0.2) is 0 Å². The topological polar surface area (TPSA) is 81.6 Å². The maximum Gasteiger partial charge on any atom is 0.237 e. The first-order chi connectivity index (χ1) is 8.70. The molecule has 2 atom stereocenters. The standard InChI is InChI=1S/C13H18N2O3/c16-8-11(17)7-15-13(18)12-5-9-3-1-2-4-10(9)6-14-12/h1-4,11-12,14,16-17H,5-8H2,(H,15,18). The van der Waals surface area contributed by atoms with Crippen molar-refractivity contribution < 1.29 is 15.0 Å². The van der Waals surface area contributed by atoms with Crippen molar-refractivity contribution in [2.45, 2.75) is 25.1 Å². The van der Waals surface area contributed by atoms with Crippen molar-refractivity contribution in [2.24, 2.45) is 0 Å². The Morgan fingerprint density at radius 3 is 2.89 bits per heavy atom. The van der Waals surface area contributed by atoms with Crippen molar-refractivity contribution in [1.82, 2.24) is 10.6 Å². The maximum atomic E-state index is 11.9. The second-order valence-corrected chi connectivity index (χ2v) is 4.49. The van der Waals surface area contributed by atoms with Crippen LogP contribution in [0.3, 0.4) is 0 Å². The summed E-state index contributed by atoms with van der Waals surface area (Å²) >= 11 is 0. The zero-order chi connectivity index (χ0) is 13.0. The van der Waals surface area contributed by atoms with Crippen LogP contribution in [0.1, 0.15) is 11.1 Å². The molecule has 1 amide bonds. The molecule has 0 saturated carbocycles. The fourth-order valence-corrected chi connectivity index (χ4v) is 2.05. The Bertz CT molecular complexity index is 422. The molecule has 0 aliphatic carbocycles. The van der Waals surface area contributed by atoms with E-state index in [4.69, 9.17) is 5.11 Å². The van der Waals surface area contributed by atoms with Crippen LogP contribution >= 0.6 is 0 Å². The van der Waals surface area contributed by atoms with Crippen LogP contribution in [-0.4, -0.2) is 41.4 Å². The highest BCUT2D eigenvalue weighted by molar-refractivity contribution is 5.82. The van der Waals surface area contributed by atoms with Crippen LogP contribution in [0.15, 0.2) is 24.3 Å². The fraction of sp³-hybridized carbons (Fsp3) is 0.462. The minimum atomic E-state index is -0.898. The quantitative estimate of drug-likeness (QED) is 0.562. The van der Waals surface area contributed by atoms with Crippen LogP contribution in [0.4, 0.5) is 0 Å². The summed E-state index contributed by atoms with van der Waals surface area (Å²) in [6.45, 7) is 0.410. The lowest BCUT2D eigenvalue weighted by atomic mass is 9.95. The number of carbonyl (C=O) groups excluding carboxylic acids is 1. The molecule has 1 aromatic carbocycles. The van der Waals surface area contributed by atoms with E-state index < -0.39 is 6.10 Å². The molecule has 98 valence electrons. The van der Waals surface area contributed by atoms with Gasteiger partial charge in [0, 0.05) is 13.1 Å². The van der Waals surface area contributed by atoms with E-state index in [1.54, 1.807) is 0 Å². The minimum Gasteiger partial charge on any atom is -0.394 e. The summed E-state index contributed by atoms with van der Waals surface area (Å²) < 4.78 is 0. The molecule has 0 bridgehead atoms. The number of amides is 1. The second kappa shape index (κ2) is 5.95. The van der Waals surface area contributed by atoms with Crippen molar-refractivity contribution in [2.75, 3.05) is 13.2 Å². The molecule has 0 fully saturated rings. The zero-order valence-corrected chi connectivity index (χ0v) is 10.1. The van der Waals surface area contributed by atoms with E-state index in [-0.39, 0.29) is 25.1 Å². The van der Waals surface area contributed by atoms with E-state index in [1.165, 1.54) is 11.1 Å². The van der Waals surface area contributed by atoms with E-state index >= 15 is 0 Å². The van der Waals surface area contributed by atoms with Crippen molar-refractivity contribution in [3.05, 3.63) is 35.4 Å². The number of benzene rings is 1. The molecular weight excluding hydrogens is 232 g/mol. The molecule has 5 heteroatoms. The number of rotatable bonds is 4. The summed E-state index contributed by atoms with van der Waals surface area (Å²) in [7, 11) is 0. The van der Waals surface area contributed by atoms with Crippen LogP contribution in [-0.2, 0) is 17.8 Å². The number of fused-ring (bicyclic) bond motifs is 1. The summed E-state index contributed by atoms with van der Waals surface area (Å²) in [4.78, 5) is 11.9. The van der Waals surface area contributed by atoms with Crippen molar-refractivity contribution >= 4 is 5.91 Å². The number of hydrogen-bond acceptors (Lipinski definition) is 4. The zero-order valence-electron chi connectivity index (χ0n) is 10.1. The van der Waals surface area contributed by atoms with Gasteiger partial charge in [-0.15, -0.1) is 0 Å². The van der Waals surface area contributed by atoms with Crippen LogP contribution in [0, 0.1) is 0 Å². The number of aliphatic hydroxyl groups is 2. The molecule has 1 aliphatic heterocycles. The normalized spacial score (nSPS) is 20.0. The van der Waals surface area contributed by atoms with Crippen molar-refractivity contribution in [3.63, 3.8) is 0 Å². The lowest BCUT2D eigenvalue weighted by molar-refractivity contribution is -0.123. The molecule has 0 radical (unpaired) electrons. The third-order valence-electron chi connectivity index (χ3n) is 3.12. The van der Waals surface area contributed by atoms with E-state index in [2.05, 4.69) is 10.6 Å². The van der Waals surface area contributed by atoms with E-state index in [0.29, 0.717) is 13.0 Å². The van der Waals surface area contributed by atoms with E-state index in [9.17, 15) is 9.90 Å². The lowest BCUT2D eigenvalue weighted by Gasteiger charge is -2.25. The Morgan fingerprint density at radius 1 is 1.44 bits per heavy atom. The minimum absolute atomic E-state index is 0.0785. The van der Waals surface area contributed by atoms with Gasteiger partial charge in [0.15, 0.2) is 0 Å². The molecule has 2 unspecified atom stereocenters. The summed E-state index contributed by atoms with van der Waals surface area (Å²) in [6, 6.07) is 7.75. The molecule has 5 nitrogen and oxygen atoms in total. The largest absolute Gasteiger partial charge is 0.394 e. The smallest absolute Gasteiger partial charge is 0.237 e. The van der Waals surface area contributed by atoms with Crippen LogP contribution < -0.4 is 10.6 Å². The number of aliphatic hydroxyl groups excluding tert-OH is 2. The Labute approximate surface area is 106 Å². The molecule has 1 heterocycles. The highest BCUT2D eigenvalue weighted by Crippen LogP contribution is 2.16. The van der Waals surface area contributed by atoms with Crippen LogP contribution in [0.25, 0.3) is 0 Å². The SMILES string of the molecule is O=C(NCC(O)CO)C1Cc2ccccc2CN1. The van der Waals surface area contributed by atoms with E-state index in [1.807, 2.05) is 24.3 Å². The third kappa shape index (κ3) is 3.07. The molecule has 2 rings (SSSR count). The molecular formula is C13H18N2O3. The molecule has 1 aliphatic rings. The summed E-state index contributed by atoms with van der Waals surface area (Å²) in [5, 5.41) is 23.6. The molecule has 4 N–H and O–H groups in total. The lowest BCUT2D eigenvalue weighted by Crippen LogP contribution is -2.49. The molecule has 0 spiro atoms. The first kappa shape index (κ1) is 13.0. The Balaban J connectivity index is 1.90. The average molecular weight is 250 g/mol. The number of nitrogens with one attached hydrogen (secondary N) is 2. The fourth-order valence-electron chi connectivity index (χ4n) is 2.05. The molecule has 18 heavy (non-hydrogen) atoms. The monoisotopic (exact) mass is 250 g/mol. The van der Waals surface area contributed by atoms with Gasteiger partial charge in [-0.2, -0.15) is 0 Å². The Hall–Kier alpha value is -1.43. The van der Waals surface area contributed by atoms with Gasteiger partial charge in [-0.3, -0.25) is 4.79 Å². The van der Waals surface area contributed by atoms with Gasteiger partial charge >= 0.3 is 0 Å². The first-order valence-electron chi connectivity index (χ1n) is 6.07. The van der Waals surface area contributed by atoms with Gasteiger partial charge in [-0.1, -0.05) is 24.3 Å². The summed E-state index contributed by atoms with van der Waals surface area (Å²) in [5.74, 6) is -0.142. The highest BCUT2D eigenvalue weighted by atomic mass is 16.3. The predicted octanol–water partition coefficient (Wildman–Crippen LogP) is -0.830. The van der Waals surface area contributed by atoms with Crippen LogP contribution in [0.2, 0.25) is 0 Å². The van der Waals surface area contributed by atoms with Gasteiger partial charge in [0.25, 0.3) is 0 Å². The number of carbonyl (C=O) groups is 1.